The minimum atomic E-state index is -2.24. The molecule has 0 bridgehead atoms. The number of carbonyl (C=O) groups excluding carboxylic acids is 2. The van der Waals surface area contributed by atoms with Crippen molar-refractivity contribution in [3.8, 4) is 11.5 Å². The molecule has 1 fully saturated rings. The van der Waals surface area contributed by atoms with Gasteiger partial charge in [-0.05, 0) is 73.0 Å². The molecule has 0 N–H and O–H groups in total. The highest BCUT2D eigenvalue weighted by Gasteiger charge is 2.32. The van der Waals surface area contributed by atoms with Crippen LogP contribution in [0, 0.1) is 5.92 Å². The fraction of sp³-hybridized carbons (Fsp3) is 0.515. The topological polar surface area (TPSA) is 108 Å². The van der Waals surface area contributed by atoms with Gasteiger partial charge in [0.1, 0.15) is 11.5 Å². The number of carbonyl (C=O) groups is 2. The first-order valence-corrected chi connectivity index (χ1v) is 22.4. The lowest BCUT2D eigenvalue weighted by Gasteiger charge is -2.26. The molecule has 0 amide bonds. The van der Waals surface area contributed by atoms with Crippen LogP contribution in [0.5, 0.6) is 11.5 Å². The Morgan fingerprint density at radius 2 is 1.33 bits per heavy atom. The molecule has 3 rings (SSSR count). The van der Waals surface area contributed by atoms with Crippen LogP contribution in [-0.4, -0.2) is 73.7 Å². The van der Waals surface area contributed by atoms with Gasteiger partial charge < -0.3 is 34.8 Å². The van der Waals surface area contributed by atoms with Crippen molar-refractivity contribution in [3.05, 3.63) is 65.7 Å². The van der Waals surface area contributed by atoms with Gasteiger partial charge in [0.25, 0.3) is 0 Å². The van der Waals surface area contributed by atoms with Gasteiger partial charge in [0.05, 0.1) is 18.8 Å². The SMILES string of the molecule is CCC(C)COC(=O)c1ccc(OC(=O)/C=C/c2ccc(OCCCCCCCCCCC[Si]3(C)O[Si]O[Si]O[Si]O[Si]O3)cc2)cc1. The quantitative estimate of drug-likeness (QED) is 0.0478. The number of esters is 2. The standard InChI is InChI=1S/C33H46O10Si5/c1-4-27(2)26-37-33(35)29-17-21-31(22-18-29)38-32(34)23-16-28-14-19-30(20-15-28)36-24-12-10-8-6-5-7-9-11-13-25-48(3)42-46-40-44-39-45-41-47-43-48/h14-23,27H,4-13,24-26H2,1-3H3/b23-16+. The van der Waals surface area contributed by atoms with E-state index in [-0.39, 0.29) is 46.0 Å². The Morgan fingerprint density at radius 1 is 0.771 bits per heavy atom. The van der Waals surface area contributed by atoms with E-state index in [1.54, 1.807) is 30.3 Å². The van der Waals surface area contributed by atoms with Crippen LogP contribution in [0.2, 0.25) is 12.6 Å². The largest absolute Gasteiger partial charge is 0.494 e. The number of ether oxygens (including phenoxy) is 3. The first kappa shape index (κ1) is 40.2. The third kappa shape index (κ3) is 17.5. The molecule has 2 aromatic rings. The van der Waals surface area contributed by atoms with Crippen LogP contribution < -0.4 is 9.47 Å². The molecule has 1 saturated heterocycles. The molecular weight excluding hydrogens is 697 g/mol. The summed E-state index contributed by atoms with van der Waals surface area (Å²) in [6.45, 7) is 7.24. The highest BCUT2D eigenvalue weighted by molar-refractivity contribution is 6.74. The van der Waals surface area contributed by atoms with Crippen molar-refractivity contribution in [1.29, 1.82) is 0 Å². The van der Waals surface area contributed by atoms with Crippen LogP contribution in [-0.2, 0) is 30.1 Å². The summed E-state index contributed by atoms with van der Waals surface area (Å²) >= 11 is 0. The van der Waals surface area contributed by atoms with Crippen molar-refractivity contribution in [2.45, 2.75) is 90.6 Å². The zero-order chi connectivity index (χ0) is 34.3. The molecule has 258 valence electrons. The van der Waals surface area contributed by atoms with E-state index < -0.39 is 14.5 Å². The van der Waals surface area contributed by atoms with E-state index in [1.807, 2.05) is 31.2 Å². The molecule has 8 radical (unpaired) electrons. The van der Waals surface area contributed by atoms with E-state index in [2.05, 4.69) is 13.5 Å². The van der Waals surface area contributed by atoms with Gasteiger partial charge in [0.2, 0.25) is 0 Å². The summed E-state index contributed by atoms with van der Waals surface area (Å²) in [5.74, 6) is 0.597. The Balaban J connectivity index is 1.19. The Hall–Kier alpha value is -2.20. The molecule has 2 aromatic carbocycles. The molecule has 15 heteroatoms. The van der Waals surface area contributed by atoms with Gasteiger partial charge in [-0.25, -0.2) is 9.59 Å². The highest BCUT2D eigenvalue weighted by atomic mass is 28.5. The van der Waals surface area contributed by atoms with E-state index >= 15 is 0 Å². The minimum Gasteiger partial charge on any atom is -0.494 e. The lowest BCUT2D eigenvalue weighted by atomic mass is 10.1. The summed E-state index contributed by atoms with van der Waals surface area (Å²) < 4.78 is 44.3. The molecule has 1 atom stereocenters. The fourth-order valence-corrected chi connectivity index (χ4v) is 10.7. The number of unbranched alkanes of at least 4 members (excludes halogenated alkanes) is 8. The van der Waals surface area contributed by atoms with Gasteiger partial charge in [0, 0.05) is 6.08 Å². The summed E-state index contributed by atoms with van der Waals surface area (Å²) in [5, 5.41) is 0. The van der Waals surface area contributed by atoms with Crippen LogP contribution in [0.15, 0.2) is 54.6 Å². The number of hydrogen-bond donors (Lipinski definition) is 0. The average molecular weight is 743 g/mol. The Kier molecular flexibility index (Phi) is 20.1. The van der Waals surface area contributed by atoms with E-state index in [0.29, 0.717) is 30.4 Å². The predicted molar refractivity (Wildman–Crippen MR) is 189 cm³/mol. The summed E-state index contributed by atoms with van der Waals surface area (Å²) in [5.41, 5.74) is 1.28. The molecule has 0 aliphatic carbocycles. The molecule has 1 heterocycles. The first-order valence-electron chi connectivity index (χ1n) is 16.6. The zero-order valence-electron chi connectivity index (χ0n) is 28.1. The van der Waals surface area contributed by atoms with Gasteiger partial charge in [0.15, 0.2) is 0 Å². The average Bonchev–Trinajstić information content (AvgIpc) is 3.10. The monoisotopic (exact) mass is 742 g/mol. The number of benzene rings is 2. The van der Waals surface area contributed by atoms with Crippen LogP contribution in [0.25, 0.3) is 6.08 Å². The van der Waals surface area contributed by atoms with Gasteiger partial charge in [-0.1, -0.05) is 83.8 Å². The highest BCUT2D eigenvalue weighted by Crippen LogP contribution is 2.20. The smallest absolute Gasteiger partial charge is 0.412 e. The lowest BCUT2D eigenvalue weighted by Crippen LogP contribution is -2.43. The summed E-state index contributed by atoms with van der Waals surface area (Å²) in [4.78, 5) is 24.4. The van der Waals surface area contributed by atoms with E-state index in [4.69, 9.17) is 34.8 Å². The van der Waals surface area contributed by atoms with Gasteiger partial charge in [-0.15, -0.1) is 0 Å². The zero-order valence-corrected chi connectivity index (χ0v) is 33.1. The van der Waals surface area contributed by atoms with Crippen LogP contribution in [0.1, 0.15) is 94.0 Å². The Labute approximate surface area is 297 Å². The van der Waals surface area contributed by atoms with E-state index in [0.717, 1.165) is 43.0 Å². The Bertz CT molecular complexity index is 1210. The van der Waals surface area contributed by atoms with E-state index in [9.17, 15) is 9.59 Å². The van der Waals surface area contributed by atoms with Crippen molar-refractivity contribution >= 4 is 66.6 Å². The maximum atomic E-state index is 12.3. The molecule has 1 aliphatic rings. The first-order chi connectivity index (χ1) is 23.4. The Morgan fingerprint density at radius 3 is 1.96 bits per heavy atom. The summed E-state index contributed by atoms with van der Waals surface area (Å²) in [6, 6.07) is 14.9. The maximum Gasteiger partial charge on any atom is 0.412 e. The molecule has 0 spiro atoms. The number of hydrogen-bond acceptors (Lipinski definition) is 10. The molecule has 48 heavy (non-hydrogen) atoms. The fourth-order valence-electron chi connectivity index (χ4n) is 4.48. The molecule has 10 nitrogen and oxygen atoms in total. The van der Waals surface area contributed by atoms with Crippen LogP contribution in [0.4, 0.5) is 0 Å². The van der Waals surface area contributed by atoms with Gasteiger partial charge in [-0.3, -0.25) is 0 Å². The van der Waals surface area contributed by atoms with Crippen LogP contribution >= 0.6 is 0 Å². The third-order valence-electron chi connectivity index (χ3n) is 7.61. The van der Waals surface area contributed by atoms with Crippen LogP contribution in [0.3, 0.4) is 0 Å². The maximum absolute atomic E-state index is 12.3. The molecular formula is C33H46O10Si5. The summed E-state index contributed by atoms with van der Waals surface area (Å²) in [6.07, 6.45) is 14.7. The van der Waals surface area contributed by atoms with Crippen molar-refractivity contribution in [1.82, 2.24) is 0 Å². The van der Waals surface area contributed by atoms with Crippen molar-refractivity contribution in [2.24, 2.45) is 5.92 Å². The van der Waals surface area contributed by atoms with Crippen molar-refractivity contribution < 1.29 is 44.4 Å². The minimum absolute atomic E-state index is 0.0269. The molecule has 0 aromatic heterocycles. The molecule has 1 aliphatic heterocycles. The van der Waals surface area contributed by atoms with Gasteiger partial charge >= 0.3 is 60.5 Å². The van der Waals surface area contributed by atoms with E-state index in [1.165, 1.54) is 44.6 Å². The normalized spacial score (nSPS) is 15.9. The van der Waals surface area contributed by atoms with Crippen molar-refractivity contribution in [3.63, 3.8) is 0 Å². The molecule has 0 saturated carbocycles. The van der Waals surface area contributed by atoms with Gasteiger partial charge in [-0.2, -0.15) is 0 Å². The summed E-state index contributed by atoms with van der Waals surface area (Å²) in [7, 11) is -2.36. The number of rotatable bonds is 20. The second kappa shape index (κ2) is 24.0. The molecule has 1 unspecified atom stereocenters. The lowest BCUT2D eigenvalue weighted by molar-refractivity contribution is -0.128. The second-order valence-electron chi connectivity index (χ2n) is 11.7. The van der Waals surface area contributed by atoms with Crippen molar-refractivity contribution in [2.75, 3.05) is 13.2 Å². The third-order valence-corrected chi connectivity index (χ3v) is 15.0. The predicted octanol–water partition coefficient (Wildman–Crippen LogP) is 6.70. The second-order valence-corrected chi connectivity index (χ2v) is 19.2.